The molecule has 1 aliphatic rings. The minimum absolute atomic E-state index is 0.0443. The maximum absolute atomic E-state index is 13.8. The van der Waals surface area contributed by atoms with E-state index in [-0.39, 0.29) is 18.1 Å². The molecule has 0 saturated carbocycles. The molecule has 28 heavy (non-hydrogen) atoms. The zero-order valence-corrected chi connectivity index (χ0v) is 14.8. The SMILES string of the molecule is Cc1nc2c(cc1Nc1nc(=O)c(F)cn1Cc1cc(F)cc(F)c1)C=CC2. The third kappa shape index (κ3) is 3.53. The molecule has 0 spiro atoms. The second-order valence-corrected chi connectivity index (χ2v) is 6.51. The predicted octanol–water partition coefficient (Wildman–Crippen LogP) is 3.73. The van der Waals surface area contributed by atoms with E-state index in [4.69, 9.17) is 0 Å². The number of nitrogens with zero attached hydrogens (tertiary/aromatic N) is 3. The highest BCUT2D eigenvalue weighted by Gasteiger charge is 2.14. The summed E-state index contributed by atoms with van der Waals surface area (Å²) in [7, 11) is 0. The second kappa shape index (κ2) is 6.95. The average molecular weight is 384 g/mol. The summed E-state index contributed by atoms with van der Waals surface area (Å²) in [6.07, 6.45) is 5.64. The molecule has 0 fully saturated rings. The van der Waals surface area contributed by atoms with Crippen molar-refractivity contribution >= 4 is 17.7 Å². The number of aryl methyl sites for hydroxylation is 1. The number of fused-ring (bicyclic) bond motifs is 1. The van der Waals surface area contributed by atoms with Gasteiger partial charge in [-0.05, 0) is 36.2 Å². The van der Waals surface area contributed by atoms with E-state index in [1.165, 1.54) is 4.57 Å². The lowest BCUT2D eigenvalue weighted by atomic mass is 10.2. The van der Waals surface area contributed by atoms with Crippen molar-refractivity contribution in [2.45, 2.75) is 19.9 Å². The van der Waals surface area contributed by atoms with Crippen molar-refractivity contribution in [1.82, 2.24) is 14.5 Å². The molecule has 0 saturated heterocycles. The van der Waals surface area contributed by atoms with E-state index in [0.29, 0.717) is 11.4 Å². The zero-order chi connectivity index (χ0) is 19.8. The average Bonchev–Trinajstić information content (AvgIpc) is 3.05. The predicted molar refractivity (Wildman–Crippen MR) is 98.9 cm³/mol. The number of hydrogen-bond donors (Lipinski definition) is 1. The topological polar surface area (TPSA) is 59.8 Å². The van der Waals surface area contributed by atoms with Gasteiger partial charge in [0.1, 0.15) is 11.6 Å². The number of benzene rings is 1. The van der Waals surface area contributed by atoms with Gasteiger partial charge in [-0.3, -0.25) is 9.78 Å². The van der Waals surface area contributed by atoms with E-state index < -0.39 is 23.0 Å². The van der Waals surface area contributed by atoms with E-state index >= 15 is 0 Å². The smallest absolute Gasteiger partial charge is 0.310 e. The van der Waals surface area contributed by atoms with Crippen LogP contribution in [0.1, 0.15) is 22.5 Å². The Hall–Kier alpha value is -3.42. The van der Waals surface area contributed by atoms with Crippen molar-refractivity contribution in [1.29, 1.82) is 0 Å². The van der Waals surface area contributed by atoms with Crippen LogP contribution in [0.5, 0.6) is 0 Å². The summed E-state index contributed by atoms with van der Waals surface area (Å²) in [5.74, 6) is -2.51. The summed E-state index contributed by atoms with van der Waals surface area (Å²) in [4.78, 5) is 20.0. The van der Waals surface area contributed by atoms with Gasteiger partial charge < -0.3 is 9.88 Å². The Morgan fingerprint density at radius 1 is 1.11 bits per heavy atom. The molecular formula is C20H15F3N4O. The fourth-order valence-corrected chi connectivity index (χ4v) is 3.11. The lowest BCUT2D eigenvalue weighted by Crippen LogP contribution is -2.20. The molecular weight excluding hydrogens is 369 g/mol. The summed E-state index contributed by atoms with van der Waals surface area (Å²) >= 11 is 0. The van der Waals surface area contributed by atoms with Crippen molar-refractivity contribution in [2.75, 3.05) is 5.32 Å². The van der Waals surface area contributed by atoms with Gasteiger partial charge in [0.15, 0.2) is 0 Å². The van der Waals surface area contributed by atoms with Crippen LogP contribution in [0, 0.1) is 24.4 Å². The highest BCUT2D eigenvalue weighted by molar-refractivity contribution is 5.67. The Morgan fingerprint density at radius 3 is 2.61 bits per heavy atom. The standard InChI is InChI=1S/C20H15F3N4O/c1-11-18(7-13-3-2-4-17(13)24-11)25-20-26-19(28)16(23)10-27(20)9-12-5-14(21)8-15(22)6-12/h2-3,5-8,10H,4,9H2,1H3,(H,25,26,28). The first-order valence-corrected chi connectivity index (χ1v) is 8.55. The molecule has 1 N–H and O–H groups in total. The molecule has 0 bridgehead atoms. The number of hydrogen-bond acceptors (Lipinski definition) is 4. The maximum Gasteiger partial charge on any atom is 0.310 e. The number of anilines is 2. The molecule has 4 rings (SSSR count). The quantitative estimate of drug-likeness (QED) is 0.745. The summed E-state index contributed by atoms with van der Waals surface area (Å²) in [6, 6.07) is 4.88. The molecule has 2 heterocycles. The van der Waals surface area contributed by atoms with Gasteiger partial charge in [0.25, 0.3) is 0 Å². The number of allylic oxidation sites excluding steroid dienone is 1. The van der Waals surface area contributed by atoms with E-state index in [0.717, 1.165) is 42.1 Å². The van der Waals surface area contributed by atoms with E-state index in [2.05, 4.69) is 15.3 Å². The third-order valence-electron chi connectivity index (χ3n) is 4.41. The molecule has 5 nitrogen and oxygen atoms in total. The Balaban J connectivity index is 1.74. The van der Waals surface area contributed by atoms with Crippen LogP contribution in [-0.2, 0) is 13.0 Å². The van der Waals surface area contributed by atoms with Gasteiger partial charge in [0.2, 0.25) is 11.8 Å². The Kier molecular flexibility index (Phi) is 4.46. The molecule has 1 aliphatic carbocycles. The molecule has 0 atom stereocenters. The van der Waals surface area contributed by atoms with Crippen LogP contribution in [0.15, 0.2) is 41.3 Å². The largest absolute Gasteiger partial charge is 0.324 e. The summed E-state index contributed by atoms with van der Waals surface area (Å²) in [6.45, 7) is 1.72. The van der Waals surface area contributed by atoms with Crippen molar-refractivity contribution in [3.8, 4) is 0 Å². The lowest BCUT2D eigenvalue weighted by Gasteiger charge is -2.16. The van der Waals surface area contributed by atoms with Crippen molar-refractivity contribution in [3.63, 3.8) is 0 Å². The molecule has 0 radical (unpaired) electrons. The van der Waals surface area contributed by atoms with Crippen LogP contribution in [0.4, 0.5) is 24.8 Å². The first-order valence-electron chi connectivity index (χ1n) is 8.55. The molecule has 0 unspecified atom stereocenters. The minimum atomic E-state index is -1.06. The molecule has 2 aromatic heterocycles. The first-order chi connectivity index (χ1) is 13.4. The van der Waals surface area contributed by atoms with Gasteiger partial charge in [-0.15, -0.1) is 0 Å². The van der Waals surface area contributed by atoms with Crippen LogP contribution in [0.3, 0.4) is 0 Å². The Labute approximate surface area is 158 Å². The zero-order valence-electron chi connectivity index (χ0n) is 14.8. The van der Waals surface area contributed by atoms with E-state index in [1.807, 2.05) is 18.2 Å². The van der Waals surface area contributed by atoms with Gasteiger partial charge in [-0.25, -0.2) is 8.78 Å². The molecule has 8 heteroatoms. The van der Waals surface area contributed by atoms with Crippen LogP contribution in [0.2, 0.25) is 0 Å². The Morgan fingerprint density at radius 2 is 1.86 bits per heavy atom. The van der Waals surface area contributed by atoms with Gasteiger partial charge in [-0.2, -0.15) is 9.37 Å². The van der Waals surface area contributed by atoms with Gasteiger partial charge >= 0.3 is 5.56 Å². The molecule has 0 aliphatic heterocycles. The number of halogens is 3. The van der Waals surface area contributed by atoms with Crippen LogP contribution in [-0.4, -0.2) is 14.5 Å². The minimum Gasteiger partial charge on any atom is -0.324 e. The highest BCUT2D eigenvalue weighted by Crippen LogP contribution is 2.26. The summed E-state index contributed by atoms with van der Waals surface area (Å²) < 4.78 is 42.1. The maximum atomic E-state index is 13.8. The molecule has 1 aromatic carbocycles. The number of aromatic nitrogens is 3. The fraction of sp³-hybridized carbons (Fsp3) is 0.150. The van der Waals surface area contributed by atoms with Crippen molar-refractivity contribution in [3.05, 3.63) is 86.9 Å². The molecule has 3 aromatic rings. The van der Waals surface area contributed by atoms with Crippen molar-refractivity contribution < 1.29 is 13.2 Å². The van der Waals surface area contributed by atoms with Gasteiger partial charge in [0, 0.05) is 18.7 Å². The second-order valence-electron chi connectivity index (χ2n) is 6.51. The first kappa shape index (κ1) is 18.0. The summed E-state index contributed by atoms with van der Waals surface area (Å²) in [5, 5.41) is 2.99. The van der Waals surface area contributed by atoms with Crippen molar-refractivity contribution in [2.24, 2.45) is 0 Å². The van der Waals surface area contributed by atoms with Crippen LogP contribution in [0.25, 0.3) is 6.08 Å². The number of pyridine rings is 1. The fourth-order valence-electron chi connectivity index (χ4n) is 3.11. The normalized spacial score (nSPS) is 12.3. The van der Waals surface area contributed by atoms with Gasteiger partial charge in [-0.1, -0.05) is 12.2 Å². The van der Waals surface area contributed by atoms with E-state index in [9.17, 15) is 18.0 Å². The third-order valence-corrected chi connectivity index (χ3v) is 4.41. The highest BCUT2D eigenvalue weighted by atomic mass is 19.1. The monoisotopic (exact) mass is 384 g/mol. The summed E-state index contributed by atoms with van der Waals surface area (Å²) in [5.41, 5.74) is 2.40. The number of rotatable bonds is 4. The van der Waals surface area contributed by atoms with E-state index in [1.54, 1.807) is 6.92 Å². The molecule has 142 valence electrons. The lowest BCUT2D eigenvalue weighted by molar-refractivity contribution is 0.568. The Bertz CT molecular complexity index is 1150. The molecule has 0 amide bonds. The number of nitrogens with one attached hydrogen (secondary N) is 1. The van der Waals surface area contributed by atoms with Crippen LogP contribution >= 0.6 is 0 Å². The van der Waals surface area contributed by atoms with Crippen LogP contribution < -0.4 is 10.9 Å². The van der Waals surface area contributed by atoms with Gasteiger partial charge in [0.05, 0.1) is 23.6 Å².